The number of rotatable bonds is 3. The second-order valence-corrected chi connectivity index (χ2v) is 7.07. The molecule has 1 saturated carbocycles. The lowest BCUT2D eigenvalue weighted by atomic mass is 9.67. The zero-order chi connectivity index (χ0) is 13.6. The summed E-state index contributed by atoms with van der Waals surface area (Å²) in [6.45, 7) is 7.51. The van der Waals surface area contributed by atoms with Gasteiger partial charge in [0.2, 0.25) is 0 Å². The Kier molecular flexibility index (Phi) is 3.26. The van der Waals surface area contributed by atoms with Crippen molar-refractivity contribution in [3.8, 4) is 5.75 Å². The molecule has 0 bridgehead atoms. The molecule has 0 spiro atoms. The quantitative estimate of drug-likeness (QED) is 0.858. The molecule has 0 aromatic heterocycles. The molecular formula is C16H22ClNO. The minimum atomic E-state index is 0.198. The number of ether oxygens (including phenoxy) is 1. The predicted octanol–water partition coefficient (Wildman–Crippen LogP) is 3.29. The predicted molar refractivity (Wildman–Crippen MR) is 79.1 cm³/mol. The van der Waals surface area contributed by atoms with Crippen molar-refractivity contribution in [1.82, 2.24) is 5.32 Å². The molecule has 2 nitrogen and oxygen atoms in total. The van der Waals surface area contributed by atoms with Crippen LogP contribution in [0.15, 0.2) is 18.2 Å². The van der Waals surface area contributed by atoms with E-state index in [-0.39, 0.29) is 11.5 Å². The molecular weight excluding hydrogens is 258 g/mol. The molecule has 0 amide bonds. The molecule has 0 saturated heterocycles. The van der Waals surface area contributed by atoms with Crippen LogP contribution in [0.2, 0.25) is 0 Å². The van der Waals surface area contributed by atoms with Gasteiger partial charge in [-0.25, -0.2) is 0 Å². The Bertz CT molecular complexity index is 486. The smallest absolute Gasteiger partial charge is 0.123 e. The minimum absolute atomic E-state index is 0.198. The number of hydrogen-bond donors (Lipinski definition) is 1. The number of hydrogen-bond acceptors (Lipinski definition) is 2. The van der Waals surface area contributed by atoms with Crippen molar-refractivity contribution in [2.75, 3.05) is 6.54 Å². The van der Waals surface area contributed by atoms with Gasteiger partial charge < -0.3 is 10.1 Å². The molecule has 3 heteroatoms. The van der Waals surface area contributed by atoms with E-state index in [1.807, 2.05) is 0 Å². The van der Waals surface area contributed by atoms with Crippen LogP contribution in [-0.4, -0.2) is 24.1 Å². The summed E-state index contributed by atoms with van der Waals surface area (Å²) < 4.78 is 5.98. The van der Waals surface area contributed by atoms with Gasteiger partial charge in [-0.1, -0.05) is 31.5 Å². The first kappa shape index (κ1) is 13.3. The van der Waals surface area contributed by atoms with Crippen molar-refractivity contribution in [2.45, 2.75) is 51.1 Å². The van der Waals surface area contributed by atoms with E-state index in [0.29, 0.717) is 11.4 Å². The summed E-state index contributed by atoms with van der Waals surface area (Å²) in [6, 6.07) is 6.95. The summed E-state index contributed by atoms with van der Waals surface area (Å²) in [5.41, 5.74) is 2.85. The third-order valence-corrected chi connectivity index (χ3v) is 5.44. The van der Waals surface area contributed by atoms with E-state index in [9.17, 15) is 0 Å². The first-order chi connectivity index (χ1) is 8.96. The van der Waals surface area contributed by atoms with E-state index in [0.717, 1.165) is 25.1 Å². The van der Waals surface area contributed by atoms with Crippen LogP contribution in [-0.2, 0) is 6.42 Å². The lowest BCUT2D eigenvalue weighted by molar-refractivity contribution is 0.103. The molecule has 19 heavy (non-hydrogen) atoms. The van der Waals surface area contributed by atoms with Crippen LogP contribution in [0.3, 0.4) is 0 Å². The van der Waals surface area contributed by atoms with Gasteiger partial charge >= 0.3 is 0 Å². The Morgan fingerprint density at radius 3 is 2.89 bits per heavy atom. The third-order valence-electron chi connectivity index (χ3n) is 4.70. The number of benzene rings is 1. The van der Waals surface area contributed by atoms with Gasteiger partial charge in [-0.2, -0.15) is 0 Å². The lowest BCUT2D eigenvalue weighted by Crippen LogP contribution is -2.59. The number of nitrogens with one attached hydrogen (secondary N) is 1. The Morgan fingerprint density at radius 1 is 1.42 bits per heavy atom. The van der Waals surface area contributed by atoms with E-state index in [1.165, 1.54) is 11.1 Å². The van der Waals surface area contributed by atoms with Gasteiger partial charge in [-0.05, 0) is 30.4 Å². The third kappa shape index (κ3) is 2.36. The summed E-state index contributed by atoms with van der Waals surface area (Å²) in [5, 5.41) is 3.92. The molecule has 1 heterocycles. The molecule has 1 aliphatic heterocycles. The van der Waals surface area contributed by atoms with Gasteiger partial charge in [0.1, 0.15) is 11.9 Å². The van der Waals surface area contributed by atoms with Crippen LogP contribution >= 0.6 is 11.6 Å². The SMILES string of the molecule is Cc1ccc2c(c1)CC(CNC1CC(Cl)C1(C)C)O2. The topological polar surface area (TPSA) is 21.3 Å². The van der Waals surface area contributed by atoms with Crippen LogP contribution in [0, 0.1) is 12.3 Å². The maximum Gasteiger partial charge on any atom is 0.123 e. The summed E-state index contributed by atoms with van der Waals surface area (Å²) in [5.74, 6) is 1.06. The highest BCUT2D eigenvalue weighted by molar-refractivity contribution is 6.21. The highest BCUT2D eigenvalue weighted by Crippen LogP contribution is 2.44. The van der Waals surface area contributed by atoms with E-state index < -0.39 is 0 Å². The van der Waals surface area contributed by atoms with Crippen LogP contribution in [0.4, 0.5) is 0 Å². The zero-order valence-corrected chi connectivity index (χ0v) is 12.6. The second kappa shape index (κ2) is 4.68. The van der Waals surface area contributed by atoms with Gasteiger partial charge in [0, 0.05) is 24.4 Å². The first-order valence-corrected chi connectivity index (χ1v) is 7.54. The van der Waals surface area contributed by atoms with Gasteiger partial charge in [0.05, 0.1) is 0 Å². The largest absolute Gasteiger partial charge is 0.488 e. The fourth-order valence-corrected chi connectivity index (χ4v) is 3.39. The Morgan fingerprint density at radius 2 is 2.21 bits per heavy atom. The molecule has 1 N–H and O–H groups in total. The normalized spacial score (nSPS) is 31.5. The maximum absolute atomic E-state index is 6.25. The minimum Gasteiger partial charge on any atom is -0.488 e. The van der Waals surface area contributed by atoms with Crippen molar-refractivity contribution in [1.29, 1.82) is 0 Å². The van der Waals surface area contributed by atoms with Gasteiger partial charge in [-0.3, -0.25) is 0 Å². The molecule has 1 aromatic carbocycles. The van der Waals surface area contributed by atoms with Crippen molar-refractivity contribution in [2.24, 2.45) is 5.41 Å². The van der Waals surface area contributed by atoms with E-state index in [4.69, 9.17) is 16.3 Å². The highest BCUT2D eigenvalue weighted by atomic mass is 35.5. The summed E-state index contributed by atoms with van der Waals surface area (Å²) >= 11 is 6.25. The fraction of sp³-hybridized carbons (Fsp3) is 0.625. The Labute approximate surface area is 120 Å². The average molecular weight is 280 g/mol. The molecule has 3 rings (SSSR count). The molecule has 3 atom stereocenters. The van der Waals surface area contributed by atoms with Crippen molar-refractivity contribution in [3.05, 3.63) is 29.3 Å². The van der Waals surface area contributed by atoms with E-state index >= 15 is 0 Å². The van der Waals surface area contributed by atoms with Crippen molar-refractivity contribution in [3.63, 3.8) is 0 Å². The Hall–Kier alpha value is -0.730. The highest BCUT2D eigenvalue weighted by Gasteiger charge is 2.47. The van der Waals surface area contributed by atoms with Crippen LogP contribution in [0.5, 0.6) is 5.75 Å². The van der Waals surface area contributed by atoms with Gasteiger partial charge in [0.25, 0.3) is 0 Å². The molecule has 104 valence electrons. The molecule has 3 unspecified atom stereocenters. The number of alkyl halides is 1. The maximum atomic E-state index is 6.25. The Balaban J connectivity index is 1.54. The van der Waals surface area contributed by atoms with Crippen LogP contribution in [0.1, 0.15) is 31.4 Å². The van der Waals surface area contributed by atoms with Gasteiger partial charge in [-0.15, -0.1) is 11.6 Å². The monoisotopic (exact) mass is 279 g/mol. The molecule has 1 aliphatic carbocycles. The summed E-state index contributed by atoms with van der Waals surface area (Å²) in [4.78, 5) is 0. The molecule has 1 aromatic rings. The van der Waals surface area contributed by atoms with Crippen molar-refractivity contribution < 1.29 is 4.74 Å². The molecule has 1 fully saturated rings. The molecule has 2 aliphatic rings. The van der Waals surface area contributed by atoms with Crippen molar-refractivity contribution >= 4 is 11.6 Å². The number of fused-ring (bicyclic) bond motifs is 1. The standard InChI is InChI=1S/C16H22ClNO/c1-10-4-5-13-11(6-10)7-12(19-13)9-18-15-8-14(17)16(15,2)3/h4-6,12,14-15,18H,7-9H2,1-3H3. The van der Waals surface area contributed by atoms with Gasteiger partial charge in [0.15, 0.2) is 0 Å². The number of aryl methyl sites for hydroxylation is 1. The summed E-state index contributed by atoms with van der Waals surface area (Å²) in [6.07, 6.45) is 2.34. The molecule has 0 radical (unpaired) electrons. The van der Waals surface area contributed by atoms with E-state index in [1.54, 1.807) is 0 Å². The number of halogens is 1. The van der Waals surface area contributed by atoms with Crippen LogP contribution in [0.25, 0.3) is 0 Å². The second-order valence-electron chi connectivity index (χ2n) is 6.54. The summed E-state index contributed by atoms with van der Waals surface area (Å²) in [7, 11) is 0. The first-order valence-electron chi connectivity index (χ1n) is 7.10. The lowest BCUT2D eigenvalue weighted by Gasteiger charge is -2.49. The zero-order valence-electron chi connectivity index (χ0n) is 11.9. The van der Waals surface area contributed by atoms with Crippen LogP contribution < -0.4 is 10.1 Å². The van der Waals surface area contributed by atoms with E-state index in [2.05, 4.69) is 44.3 Å². The average Bonchev–Trinajstić information content (AvgIpc) is 2.76. The fourth-order valence-electron chi connectivity index (χ4n) is 3.06.